The van der Waals surface area contributed by atoms with Crippen molar-refractivity contribution in [3.8, 4) is 0 Å². The summed E-state index contributed by atoms with van der Waals surface area (Å²) in [4.78, 5) is 29.4. The molecule has 8 nitrogen and oxygen atoms in total. The topological polar surface area (TPSA) is 164 Å². The van der Waals surface area contributed by atoms with E-state index >= 15 is 0 Å². The van der Waals surface area contributed by atoms with Gasteiger partial charge in [-0.3, -0.25) is 14.4 Å². The van der Waals surface area contributed by atoms with Crippen LogP contribution in [0.25, 0.3) is 0 Å². The van der Waals surface area contributed by atoms with Gasteiger partial charge in [0, 0.05) is 5.75 Å². The van der Waals surface area contributed by atoms with Crippen LogP contribution in [0.15, 0.2) is 0 Å². The number of aliphatic carboxylic acids is 3. The highest BCUT2D eigenvalue weighted by Gasteiger charge is 2.14. The summed E-state index contributed by atoms with van der Waals surface area (Å²) in [5.74, 6) is -3.31. The molecule has 0 aliphatic heterocycles. The zero-order valence-electron chi connectivity index (χ0n) is 8.24. The van der Waals surface area contributed by atoms with Crippen molar-refractivity contribution in [1.29, 1.82) is 0 Å². The first-order chi connectivity index (χ1) is 7.22. The predicted molar refractivity (Wildman–Crippen MR) is 57.3 cm³/mol. The van der Waals surface area contributed by atoms with Gasteiger partial charge in [-0.05, 0) is 0 Å². The average molecular weight is 254 g/mol. The highest BCUT2D eigenvalue weighted by molar-refractivity contribution is 7.80. The van der Waals surface area contributed by atoms with E-state index in [-0.39, 0.29) is 5.75 Å². The first-order valence-electron chi connectivity index (χ1n) is 4.01. The Hall–Kier alpha value is -1.32. The van der Waals surface area contributed by atoms with E-state index in [1.54, 1.807) is 0 Å². The Balaban J connectivity index is 0. The van der Waals surface area contributed by atoms with Crippen LogP contribution < -0.4 is 11.5 Å². The summed E-state index contributed by atoms with van der Waals surface area (Å²) in [6.45, 7) is 0. The molecule has 0 aromatic carbocycles. The number of thiol groups is 1. The number of rotatable bonds is 5. The molecule has 0 heterocycles. The summed E-state index contributed by atoms with van der Waals surface area (Å²) in [5.41, 5.74) is 9.78. The molecule has 16 heavy (non-hydrogen) atoms. The van der Waals surface area contributed by atoms with E-state index in [1.807, 2.05) is 0 Å². The number of carbonyl (C=O) groups is 3. The molecule has 0 spiro atoms. The van der Waals surface area contributed by atoms with Crippen molar-refractivity contribution in [3.05, 3.63) is 0 Å². The van der Waals surface area contributed by atoms with Gasteiger partial charge in [-0.1, -0.05) is 0 Å². The molecule has 2 atom stereocenters. The van der Waals surface area contributed by atoms with Crippen molar-refractivity contribution in [2.45, 2.75) is 18.5 Å². The maximum atomic E-state index is 9.85. The van der Waals surface area contributed by atoms with Crippen molar-refractivity contribution in [1.82, 2.24) is 0 Å². The second kappa shape index (κ2) is 8.95. The fourth-order valence-corrected chi connectivity index (χ4v) is 0.510. The monoisotopic (exact) mass is 254 g/mol. The zero-order chi connectivity index (χ0) is 13.3. The second-order valence-corrected chi connectivity index (χ2v) is 3.04. The van der Waals surface area contributed by atoms with Crippen molar-refractivity contribution in [3.63, 3.8) is 0 Å². The van der Waals surface area contributed by atoms with Crippen LogP contribution in [0.4, 0.5) is 0 Å². The maximum Gasteiger partial charge on any atom is 0.321 e. The molecule has 0 aliphatic rings. The normalized spacial score (nSPS) is 12.9. The van der Waals surface area contributed by atoms with Gasteiger partial charge < -0.3 is 26.8 Å². The lowest BCUT2D eigenvalue weighted by Gasteiger charge is -1.99. The van der Waals surface area contributed by atoms with Crippen LogP contribution in [0.1, 0.15) is 6.42 Å². The maximum absolute atomic E-state index is 9.85. The molecule has 9 heteroatoms. The molecular weight excluding hydrogens is 240 g/mol. The van der Waals surface area contributed by atoms with Gasteiger partial charge in [0.05, 0.1) is 6.42 Å². The van der Waals surface area contributed by atoms with E-state index in [9.17, 15) is 14.4 Å². The van der Waals surface area contributed by atoms with E-state index in [4.69, 9.17) is 26.8 Å². The van der Waals surface area contributed by atoms with E-state index in [2.05, 4.69) is 12.6 Å². The van der Waals surface area contributed by atoms with Gasteiger partial charge in [0.25, 0.3) is 0 Å². The minimum Gasteiger partial charge on any atom is -0.481 e. The zero-order valence-corrected chi connectivity index (χ0v) is 9.13. The summed E-state index contributed by atoms with van der Waals surface area (Å²) in [6.07, 6.45) is -0.532. The third-order valence-electron chi connectivity index (χ3n) is 1.23. The van der Waals surface area contributed by atoms with E-state index < -0.39 is 36.4 Å². The molecular formula is C7H14N2O6S. The highest BCUT2D eigenvalue weighted by atomic mass is 32.1. The quantitative estimate of drug-likeness (QED) is 0.313. The van der Waals surface area contributed by atoms with Crippen molar-refractivity contribution < 1.29 is 29.7 Å². The summed E-state index contributed by atoms with van der Waals surface area (Å²) >= 11 is 3.65. The molecule has 0 aromatic heterocycles. The first-order valence-corrected chi connectivity index (χ1v) is 4.65. The van der Waals surface area contributed by atoms with Crippen LogP contribution in [0.5, 0.6) is 0 Å². The molecule has 0 aromatic rings. The van der Waals surface area contributed by atoms with Crippen LogP contribution in [0, 0.1) is 0 Å². The van der Waals surface area contributed by atoms with Crippen LogP contribution in [0.3, 0.4) is 0 Å². The first kappa shape index (κ1) is 17.1. The molecule has 0 amide bonds. The summed E-state index contributed by atoms with van der Waals surface area (Å²) in [5, 5.41) is 24.0. The molecule has 0 aliphatic carbocycles. The van der Waals surface area contributed by atoms with Crippen molar-refractivity contribution in [2.24, 2.45) is 11.5 Å². The van der Waals surface area contributed by atoms with Gasteiger partial charge in [0.15, 0.2) is 0 Å². The van der Waals surface area contributed by atoms with Crippen LogP contribution in [-0.4, -0.2) is 51.1 Å². The van der Waals surface area contributed by atoms with Crippen molar-refractivity contribution in [2.75, 3.05) is 5.75 Å². The van der Waals surface area contributed by atoms with Gasteiger partial charge in [-0.25, -0.2) is 0 Å². The minimum absolute atomic E-state index is 0.190. The lowest BCUT2D eigenvalue weighted by Crippen LogP contribution is -2.32. The Bertz CT molecular complexity index is 259. The summed E-state index contributed by atoms with van der Waals surface area (Å²) < 4.78 is 0. The van der Waals surface area contributed by atoms with Gasteiger partial charge in [-0.2, -0.15) is 12.6 Å². The third kappa shape index (κ3) is 10.8. The van der Waals surface area contributed by atoms with Crippen LogP contribution >= 0.6 is 12.6 Å². The Morgan fingerprint density at radius 2 is 1.38 bits per heavy atom. The fourth-order valence-electron chi connectivity index (χ4n) is 0.354. The van der Waals surface area contributed by atoms with Gasteiger partial charge in [-0.15, -0.1) is 0 Å². The lowest BCUT2D eigenvalue weighted by atomic mass is 10.2. The number of carboxylic acids is 3. The van der Waals surface area contributed by atoms with Gasteiger partial charge >= 0.3 is 17.9 Å². The third-order valence-corrected chi connectivity index (χ3v) is 1.62. The predicted octanol–water partition coefficient (Wildman–Crippen LogP) is -1.80. The Morgan fingerprint density at radius 3 is 1.44 bits per heavy atom. The molecule has 0 saturated heterocycles. The minimum atomic E-state index is -1.29. The summed E-state index contributed by atoms with van der Waals surface area (Å²) in [7, 11) is 0. The van der Waals surface area contributed by atoms with Gasteiger partial charge in [0.2, 0.25) is 0 Å². The summed E-state index contributed by atoms with van der Waals surface area (Å²) in [6, 6.07) is -2.11. The van der Waals surface area contributed by atoms with Gasteiger partial charge in [0.1, 0.15) is 12.1 Å². The Labute approximate surface area is 96.6 Å². The largest absolute Gasteiger partial charge is 0.481 e. The van der Waals surface area contributed by atoms with E-state index in [1.165, 1.54) is 0 Å². The van der Waals surface area contributed by atoms with Crippen LogP contribution in [0.2, 0.25) is 0 Å². The molecule has 0 radical (unpaired) electrons. The average Bonchev–Trinajstić information content (AvgIpc) is 2.16. The molecule has 1 unspecified atom stereocenters. The highest BCUT2D eigenvalue weighted by Crippen LogP contribution is 1.86. The Morgan fingerprint density at radius 1 is 1.00 bits per heavy atom. The molecule has 0 saturated carbocycles. The second-order valence-electron chi connectivity index (χ2n) is 2.67. The fraction of sp³-hybridized carbons (Fsp3) is 0.571. The number of nitrogens with two attached hydrogens (primary N) is 2. The molecule has 0 fully saturated rings. The van der Waals surface area contributed by atoms with E-state index in [0.717, 1.165) is 0 Å². The smallest absolute Gasteiger partial charge is 0.321 e. The number of hydrogen-bond donors (Lipinski definition) is 6. The van der Waals surface area contributed by atoms with Crippen LogP contribution in [-0.2, 0) is 14.4 Å². The number of hydrogen-bond acceptors (Lipinski definition) is 6. The molecule has 7 N–H and O–H groups in total. The SMILES string of the molecule is NC(CC(=O)O)C(=O)O.N[C@@H](CS)C(=O)O. The lowest BCUT2D eigenvalue weighted by molar-refractivity contribution is -0.144. The number of carboxylic acid groups (broad SMARTS) is 3. The molecule has 94 valence electrons. The standard InChI is InChI=1S/C4H7NO4.C3H7NO2S/c5-2(4(8)9)1-3(6)7;4-2(1-7)3(5)6/h2H,1,5H2,(H,6,7)(H,8,9);2,7H,1,4H2,(H,5,6)/t;2-/m.0/s1. The molecule has 0 rings (SSSR count). The molecule has 0 bridgehead atoms. The van der Waals surface area contributed by atoms with E-state index in [0.29, 0.717) is 0 Å². The van der Waals surface area contributed by atoms with Crippen molar-refractivity contribution >= 4 is 30.5 Å². The Kier molecular flexibility index (Phi) is 9.55.